The molecule has 6 nitrogen and oxygen atoms in total. The molecule has 0 unspecified atom stereocenters. The van der Waals surface area contributed by atoms with Crippen LogP contribution < -0.4 is 0 Å². The molecule has 0 bridgehead atoms. The summed E-state index contributed by atoms with van der Waals surface area (Å²) in [5.74, 6) is 0.342. The van der Waals surface area contributed by atoms with Crippen LogP contribution in [0.25, 0.3) is 0 Å². The van der Waals surface area contributed by atoms with E-state index in [1.54, 1.807) is 13.0 Å². The summed E-state index contributed by atoms with van der Waals surface area (Å²) in [6, 6.07) is 3.00. The van der Waals surface area contributed by atoms with E-state index in [2.05, 4.69) is 10.1 Å². The van der Waals surface area contributed by atoms with Gasteiger partial charge in [0.2, 0.25) is 11.7 Å². The lowest BCUT2D eigenvalue weighted by Crippen LogP contribution is -1.91. The number of aromatic nitrogens is 2. The maximum Gasteiger partial charge on any atom is 0.371 e. The molecule has 2 rings (SSSR count). The number of carboxylic acids is 1. The summed E-state index contributed by atoms with van der Waals surface area (Å²) in [4.78, 5) is 14.6. The van der Waals surface area contributed by atoms with Gasteiger partial charge in [0, 0.05) is 0 Å². The normalized spacial score (nSPS) is 10.6. The fourth-order valence-electron chi connectivity index (χ4n) is 1.04. The summed E-state index contributed by atoms with van der Waals surface area (Å²) in [6.07, 6.45) is 0. The Labute approximate surface area is 94.6 Å². The topological polar surface area (TPSA) is 89.4 Å². The van der Waals surface area contributed by atoms with Gasteiger partial charge in [-0.3, -0.25) is 0 Å². The predicted octanol–water partition coefficient (Wildman–Crippen LogP) is 1.96. The highest BCUT2D eigenvalue weighted by Crippen LogP contribution is 2.24. The second-order valence-electron chi connectivity index (χ2n) is 2.95. The standard InChI is InChI=1S/C9H8N2O4S/c1-5-10-7(15-11-5)4-16-8-3-2-6(14-8)9(12)13/h2-3H,4H2,1H3,(H,12,13). The lowest BCUT2D eigenvalue weighted by atomic mass is 10.5. The number of furan rings is 1. The summed E-state index contributed by atoms with van der Waals surface area (Å²) in [5, 5.41) is 12.8. The van der Waals surface area contributed by atoms with E-state index in [4.69, 9.17) is 14.0 Å². The molecule has 2 aromatic rings. The van der Waals surface area contributed by atoms with Gasteiger partial charge in [-0.15, -0.1) is 0 Å². The first-order chi connectivity index (χ1) is 7.65. The first kappa shape index (κ1) is 10.7. The summed E-state index contributed by atoms with van der Waals surface area (Å²) in [5.41, 5.74) is 0. The van der Waals surface area contributed by atoms with Gasteiger partial charge < -0.3 is 14.0 Å². The van der Waals surface area contributed by atoms with Crippen LogP contribution in [0, 0.1) is 6.92 Å². The smallest absolute Gasteiger partial charge is 0.371 e. The molecular weight excluding hydrogens is 232 g/mol. The van der Waals surface area contributed by atoms with Crippen molar-refractivity contribution in [2.24, 2.45) is 0 Å². The molecule has 1 N–H and O–H groups in total. The fraction of sp³-hybridized carbons (Fsp3) is 0.222. The molecule has 0 amide bonds. The van der Waals surface area contributed by atoms with Gasteiger partial charge in [0.05, 0.1) is 5.75 Å². The van der Waals surface area contributed by atoms with Crippen LogP contribution in [0.3, 0.4) is 0 Å². The van der Waals surface area contributed by atoms with E-state index >= 15 is 0 Å². The Hall–Kier alpha value is -1.76. The molecule has 84 valence electrons. The molecule has 16 heavy (non-hydrogen) atoms. The molecular formula is C9H8N2O4S. The zero-order valence-electron chi connectivity index (χ0n) is 8.34. The number of aryl methyl sites for hydroxylation is 1. The molecule has 0 aromatic carbocycles. The molecule has 0 saturated carbocycles. The van der Waals surface area contributed by atoms with E-state index in [1.165, 1.54) is 17.8 Å². The highest BCUT2D eigenvalue weighted by atomic mass is 32.2. The monoisotopic (exact) mass is 240 g/mol. The Morgan fingerprint density at radius 2 is 2.38 bits per heavy atom. The van der Waals surface area contributed by atoms with E-state index in [9.17, 15) is 4.79 Å². The van der Waals surface area contributed by atoms with Crippen molar-refractivity contribution in [1.29, 1.82) is 0 Å². The second kappa shape index (κ2) is 4.40. The number of nitrogens with zero attached hydrogens (tertiary/aromatic N) is 2. The van der Waals surface area contributed by atoms with Gasteiger partial charge in [0.1, 0.15) is 0 Å². The van der Waals surface area contributed by atoms with Crippen LogP contribution in [0.1, 0.15) is 22.3 Å². The third kappa shape index (κ3) is 2.43. The van der Waals surface area contributed by atoms with Gasteiger partial charge in [-0.05, 0) is 19.1 Å². The first-order valence-corrected chi connectivity index (χ1v) is 5.39. The second-order valence-corrected chi connectivity index (χ2v) is 3.93. The zero-order valence-corrected chi connectivity index (χ0v) is 9.15. The Balaban J connectivity index is 1.97. The fourth-order valence-corrected chi connectivity index (χ4v) is 1.74. The molecule has 0 spiro atoms. The summed E-state index contributed by atoms with van der Waals surface area (Å²) in [6.45, 7) is 1.73. The molecule has 0 saturated heterocycles. The van der Waals surface area contributed by atoms with Gasteiger partial charge in [-0.25, -0.2) is 4.79 Å². The Kier molecular flexibility index (Phi) is 2.95. The minimum atomic E-state index is -1.08. The minimum absolute atomic E-state index is 0.0794. The van der Waals surface area contributed by atoms with Crippen molar-refractivity contribution >= 4 is 17.7 Å². The van der Waals surface area contributed by atoms with Crippen molar-refractivity contribution in [3.63, 3.8) is 0 Å². The lowest BCUT2D eigenvalue weighted by Gasteiger charge is -1.91. The van der Waals surface area contributed by atoms with Crippen LogP contribution in [0.4, 0.5) is 0 Å². The molecule has 2 aromatic heterocycles. The van der Waals surface area contributed by atoms with Gasteiger partial charge in [0.15, 0.2) is 10.9 Å². The molecule has 0 radical (unpaired) electrons. The maximum atomic E-state index is 10.5. The van der Waals surface area contributed by atoms with Crippen LogP contribution in [-0.2, 0) is 5.75 Å². The van der Waals surface area contributed by atoms with Gasteiger partial charge in [-0.2, -0.15) is 4.98 Å². The lowest BCUT2D eigenvalue weighted by molar-refractivity contribution is 0.0656. The zero-order chi connectivity index (χ0) is 11.5. The maximum absolute atomic E-state index is 10.5. The van der Waals surface area contributed by atoms with Crippen LogP contribution in [0.2, 0.25) is 0 Å². The Bertz CT molecular complexity index is 505. The molecule has 7 heteroatoms. The predicted molar refractivity (Wildman–Crippen MR) is 54.3 cm³/mol. The van der Waals surface area contributed by atoms with E-state index in [0.717, 1.165) is 0 Å². The van der Waals surface area contributed by atoms with E-state index < -0.39 is 5.97 Å². The quantitative estimate of drug-likeness (QED) is 0.817. The Morgan fingerprint density at radius 3 is 2.94 bits per heavy atom. The van der Waals surface area contributed by atoms with E-state index in [0.29, 0.717) is 22.6 Å². The number of thioether (sulfide) groups is 1. The Morgan fingerprint density at radius 1 is 1.56 bits per heavy atom. The molecule has 0 fully saturated rings. The summed E-state index contributed by atoms with van der Waals surface area (Å²) >= 11 is 1.30. The molecule has 0 aliphatic rings. The third-order valence-corrected chi connectivity index (χ3v) is 2.59. The number of hydrogen-bond acceptors (Lipinski definition) is 6. The highest BCUT2D eigenvalue weighted by Gasteiger charge is 2.10. The summed E-state index contributed by atoms with van der Waals surface area (Å²) < 4.78 is 9.95. The third-order valence-electron chi connectivity index (χ3n) is 1.70. The van der Waals surface area contributed by atoms with Crippen molar-refractivity contribution in [3.05, 3.63) is 29.6 Å². The minimum Gasteiger partial charge on any atom is -0.475 e. The number of aromatic carboxylic acids is 1. The van der Waals surface area contributed by atoms with E-state index in [-0.39, 0.29) is 5.76 Å². The summed E-state index contributed by atoms with van der Waals surface area (Å²) in [7, 11) is 0. The van der Waals surface area contributed by atoms with Crippen molar-refractivity contribution in [1.82, 2.24) is 10.1 Å². The van der Waals surface area contributed by atoms with Crippen LogP contribution >= 0.6 is 11.8 Å². The largest absolute Gasteiger partial charge is 0.475 e. The first-order valence-electron chi connectivity index (χ1n) is 4.40. The highest BCUT2D eigenvalue weighted by molar-refractivity contribution is 7.98. The van der Waals surface area contributed by atoms with Gasteiger partial charge in [-0.1, -0.05) is 16.9 Å². The number of carbonyl (C=O) groups is 1. The SMILES string of the molecule is Cc1noc(CSc2ccc(C(=O)O)o2)n1. The van der Waals surface area contributed by atoms with Crippen molar-refractivity contribution in [2.45, 2.75) is 17.8 Å². The van der Waals surface area contributed by atoms with E-state index in [1.807, 2.05) is 0 Å². The van der Waals surface area contributed by atoms with Crippen molar-refractivity contribution in [3.8, 4) is 0 Å². The molecule has 0 aliphatic carbocycles. The van der Waals surface area contributed by atoms with Crippen LogP contribution in [0.15, 0.2) is 26.2 Å². The van der Waals surface area contributed by atoms with Gasteiger partial charge in [0.25, 0.3) is 0 Å². The molecule has 0 aliphatic heterocycles. The average molecular weight is 240 g/mol. The van der Waals surface area contributed by atoms with Crippen LogP contribution in [0.5, 0.6) is 0 Å². The van der Waals surface area contributed by atoms with Crippen molar-refractivity contribution < 1.29 is 18.8 Å². The number of carboxylic acid groups (broad SMARTS) is 1. The van der Waals surface area contributed by atoms with Crippen LogP contribution in [-0.4, -0.2) is 21.2 Å². The number of hydrogen-bond donors (Lipinski definition) is 1. The van der Waals surface area contributed by atoms with Crippen molar-refractivity contribution in [2.75, 3.05) is 0 Å². The van der Waals surface area contributed by atoms with Gasteiger partial charge >= 0.3 is 5.97 Å². The average Bonchev–Trinajstić information content (AvgIpc) is 2.83. The molecule has 0 atom stereocenters. The number of rotatable bonds is 4. The molecule has 2 heterocycles.